The van der Waals surface area contributed by atoms with Crippen LogP contribution in [0.4, 0.5) is 0 Å². The van der Waals surface area contributed by atoms with Crippen molar-refractivity contribution < 1.29 is 4.74 Å². The maximum Gasteiger partial charge on any atom is 0.114 e. The first-order chi connectivity index (χ1) is 9.22. The van der Waals surface area contributed by atoms with Crippen LogP contribution in [0, 0.1) is 0 Å². The predicted molar refractivity (Wildman–Crippen MR) is 80.3 cm³/mol. The Bertz CT molecular complexity index is 519. The minimum atomic E-state index is 0.00455. The zero-order chi connectivity index (χ0) is 13.7. The van der Waals surface area contributed by atoms with Crippen molar-refractivity contribution in [3.63, 3.8) is 0 Å². The third-order valence-electron chi connectivity index (χ3n) is 2.63. The summed E-state index contributed by atoms with van der Waals surface area (Å²) in [5.41, 5.74) is 1.04. The molecule has 0 aliphatic rings. The van der Waals surface area contributed by atoms with Crippen LogP contribution in [0.25, 0.3) is 0 Å². The molecule has 102 valence electrons. The van der Waals surface area contributed by atoms with Gasteiger partial charge in [-0.3, -0.25) is 0 Å². The number of methoxy groups -OCH3 is 1. The van der Waals surface area contributed by atoms with E-state index in [9.17, 15) is 0 Å². The second-order valence-corrected chi connectivity index (χ2v) is 5.66. The highest BCUT2D eigenvalue weighted by atomic mass is 35.5. The van der Waals surface area contributed by atoms with E-state index in [2.05, 4.69) is 10.3 Å². The standard InChI is InChI=1S/C13H14Cl2N2OS/c1-18-6-4-16-12(13-17-5-7-19-13)9-2-3-10(14)11(15)8-9/h2-3,5,7-8,12,16H,4,6H2,1H3. The average Bonchev–Trinajstić information content (AvgIpc) is 2.92. The van der Waals surface area contributed by atoms with Crippen molar-refractivity contribution in [2.45, 2.75) is 6.04 Å². The fourth-order valence-electron chi connectivity index (χ4n) is 1.72. The molecule has 1 aromatic heterocycles. The number of nitrogens with zero attached hydrogens (tertiary/aromatic N) is 1. The second kappa shape index (κ2) is 7.22. The Morgan fingerprint density at radius 1 is 1.37 bits per heavy atom. The summed E-state index contributed by atoms with van der Waals surface area (Å²) in [5.74, 6) is 0. The third kappa shape index (κ3) is 3.91. The summed E-state index contributed by atoms with van der Waals surface area (Å²) in [5, 5.41) is 7.46. The van der Waals surface area contributed by atoms with Crippen molar-refractivity contribution >= 4 is 34.5 Å². The van der Waals surface area contributed by atoms with Gasteiger partial charge in [0.2, 0.25) is 0 Å². The van der Waals surface area contributed by atoms with Gasteiger partial charge in [-0.05, 0) is 17.7 Å². The van der Waals surface area contributed by atoms with Crippen LogP contribution in [0.3, 0.4) is 0 Å². The minimum absolute atomic E-state index is 0.00455. The highest BCUT2D eigenvalue weighted by Crippen LogP contribution is 2.29. The molecule has 2 aromatic rings. The van der Waals surface area contributed by atoms with E-state index in [0.29, 0.717) is 16.7 Å². The first-order valence-electron chi connectivity index (χ1n) is 5.79. The van der Waals surface area contributed by atoms with Gasteiger partial charge in [-0.1, -0.05) is 29.3 Å². The topological polar surface area (TPSA) is 34.1 Å². The lowest BCUT2D eigenvalue weighted by atomic mass is 10.1. The summed E-state index contributed by atoms with van der Waals surface area (Å²) < 4.78 is 5.06. The Labute approximate surface area is 126 Å². The number of nitrogens with one attached hydrogen (secondary N) is 1. The highest BCUT2D eigenvalue weighted by molar-refractivity contribution is 7.09. The zero-order valence-corrected chi connectivity index (χ0v) is 12.7. The van der Waals surface area contributed by atoms with Gasteiger partial charge in [0.1, 0.15) is 5.01 Å². The smallest absolute Gasteiger partial charge is 0.114 e. The lowest BCUT2D eigenvalue weighted by molar-refractivity contribution is 0.197. The number of hydrogen-bond donors (Lipinski definition) is 1. The molecular weight excluding hydrogens is 303 g/mol. The number of ether oxygens (including phenoxy) is 1. The highest BCUT2D eigenvalue weighted by Gasteiger charge is 2.16. The summed E-state index contributed by atoms with van der Waals surface area (Å²) in [7, 11) is 1.68. The molecule has 1 N–H and O–H groups in total. The molecule has 0 fully saturated rings. The third-order valence-corrected chi connectivity index (χ3v) is 4.21. The molecule has 0 saturated carbocycles. The molecule has 0 saturated heterocycles. The fraction of sp³-hybridized carbons (Fsp3) is 0.308. The van der Waals surface area contributed by atoms with Crippen LogP contribution in [0.15, 0.2) is 29.8 Å². The van der Waals surface area contributed by atoms with Gasteiger partial charge in [-0.2, -0.15) is 0 Å². The number of rotatable bonds is 6. The van der Waals surface area contributed by atoms with E-state index in [1.807, 2.05) is 17.5 Å². The van der Waals surface area contributed by atoms with Crippen LogP contribution in [0.1, 0.15) is 16.6 Å². The minimum Gasteiger partial charge on any atom is -0.383 e. The summed E-state index contributed by atoms with van der Waals surface area (Å²) in [4.78, 5) is 4.36. The molecule has 1 heterocycles. The van der Waals surface area contributed by atoms with Crippen LogP contribution in [-0.4, -0.2) is 25.2 Å². The quantitative estimate of drug-likeness (QED) is 0.824. The Morgan fingerprint density at radius 2 is 2.21 bits per heavy atom. The van der Waals surface area contributed by atoms with Crippen LogP contribution in [-0.2, 0) is 4.74 Å². The maximum absolute atomic E-state index is 6.08. The van der Waals surface area contributed by atoms with Crippen molar-refractivity contribution in [3.8, 4) is 0 Å². The Hall–Kier alpha value is -0.650. The molecule has 1 aromatic carbocycles. The van der Waals surface area contributed by atoms with Gasteiger partial charge in [0.15, 0.2) is 0 Å². The van der Waals surface area contributed by atoms with E-state index in [1.54, 1.807) is 30.7 Å². The zero-order valence-electron chi connectivity index (χ0n) is 10.4. The van der Waals surface area contributed by atoms with Crippen LogP contribution in [0.2, 0.25) is 10.0 Å². The molecule has 0 spiro atoms. The molecular formula is C13H14Cl2N2OS. The van der Waals surface area contributed by atoms with Gasteiger partial charge < -0.3 is 10.1 Å². The molecule has 0 amide bonds. The van der Waals surface area contributed by atoms with Crippen molar-refractivity contribution in [1.82, 2.24) is 10.3 Å². The molecule has 1 atom stereocenters. The van der Waals surface area contributed by atoms with Crippen molar-refractivity contribution in [2.75, 3.05) is 20.3 Å². The van der Waals surface area contributed by atoms with Crippen LogP contribution >= 0.6 is 34.5 Å². The number of thiazole rings is 1. The first-order valence-corrected chi connectivity index (χ1v) is 7.42. The van der Waals surface area contributed by atoms with Gasteiger partial charge in [-0.25, -0.2) is 4.98 Å². The van der Waals surface area contributed by atoms with Crippen molar-refractivity contribution in [1.29, 1.82) is 0 Å². The second-order valence-electron chi connectivity index (χ2n) is 3.92. The summed E-state index contributed by atoms with van der Waals surface area (Å²) in [6.45, 7) is 1.38. The molecule has 3 nitrogen and oxygen atoms in total. The van der Waals surface area contributed by atoms with Crippen LogP contribution in [0.5, 0.6) is 0 Å². The van der Waals surface area contributed by atoms with Crippen molar-refractivity contribution in [2.24, 2.45) is 0 Å². The van der Waals surface area contributed by atoms with E-state index in [0.717, 1.165) is 17.1 Å². The predicted octanol–water partition coefficient (Wildman–Crippen LogP) is 3.78. The number of halogens is 2. The van der Waals surface area contributed by atoms with Gasteiger partial charge >= 0.3 is 0 Å². The first kappa shape index (κ1) is 14.8. The molecule has 0 bridgehead atoms. The average molecular weight is 317 g/mol. The van der Waals surface area contributed by atoms with Crippen LogP contribution < -0.4 is 5.32 Å². The monoisotopic (exact) mass is 316 g/mol. The van der Waals surface area contributed by atoms with E-state index in [4.69, 9.17) is 27.9 Å². The summed E-state index contributed by atoms with van der Waals surface area (Å²) >= 11 is 13.6. The molecule has 6 heteroatoms. The molecule has 19 heavy (non-hydrogen) atoms. The van der Waals surface area contributed by atoms with E-state index in [1.165, 1.54) is 0 Å². The van der Waals surface area contributed by atoms with E-state index in [-0.39, 0.29) is 6.04 Å². The fourth-order valence-corrected chi connectivity index (χ4v) is 2.77. The number of hydrogen-bond acceptors (Lipinski definition) is 4. The normalized spacial score (nSPS) is 12.6. The summed E-state index contributed by atoms with van der Waals surface area (Å²) in [6.07, 6.45) is 1.79. The van der Waals surface area contributed by atoms with Gasteiger partial charge in [0, 0.05) is 25.2 Å². The SMILES string of the molecule is COCCNC(c1ccc(Cl)c(Cl)c1)c1nccs1. The molecule has 1 unspecified atom stereocenters. The van der Waals surface area contributed by atoms with Gasteiger partial charge in [-0.15, -0.1) is 11.3 Å². The Morgan fingerprint density at radius 3 is 2.84 bits per heavy atom. The Kier molecular flexibility index (Phi) is 5.60. The number of benzene rings is 1. The maximum atomic E-state index is 6.08. The largest absolute Gasteiger partial charge is 0.383 e. The summed E-state index contributed by atoms with van der Waals surface area (Å²) in [6, 6.07) is 5.64. The molecule has 0 aliphatic heterocycles. The number of aromatic nitrogens is 1. The van der Waals surface area contributed by atoms with E-state index >= 15 is 0 Å². The lowest BCUT2D eigenvalue weighted by Gasteiger charge is -2.17. The lowest BCUT2D eigenvalue weighted by Crippen LogP contribution is -2.25. The van der Waals surface area contributed by atoms with E-state index < -0.39 is 0 Å². The Balaban J connectivity index is 2.23. The van der Waals surface area contributed by atoms with Crippen molar-refractivity contribution in [3.05, 3.63) is 50.4 Å². The molecule has 0 aliphatic carbocycles. The van der Waals surface area contributed by atoms with Gasteiger partial charge in [0.05, 0.1) is 22.7 Å². The molecule has 2 rings (SSSR count). The molecule has 0 radical (unpaired) electrons. The van der Waals surface area contributed by atoms with Gasteiger partial charge in [0.25, 0.3) is 0 Å².